The minimum Gasteiger partial charge on any atom is -0.491 e. The van der Waals surface area contributed by atoms with E-state index in [9.17, 15) is 0 Å². The second-order valence-electron chi connectivity index (χ2n) is 5.04. The van der Waals surface area contributed by atoms with Gasteiger partial charge in [0.1, 0.15) is 12.4 Å². The lowest BCUT2D eigenvalue weighted by molar-refractivity contribution is 0.0676. The van der Waals surface area contributed by atoms with Crippen LogP contribution < -0.4 is 10.5 Å². The predicted octanol–water partition coefficient (Wildman–Crippen LogP) is 3.18. The Bertz CT molecular complexity index is 405. The largest absolute Gasteiger partial charge is 0.491 e. The third kappa shape index (κ3) is 4.10. The molecule has 2 N–H and O–H groups in total. The van der Waals surface area contributed by atoms with Crippen molar-refractivity contribution in [2.24, 2.45) is 5.73 Å². The predicted molar refractivity (Wildman–Crippen MR) is 77.9 cm³/mol. The minimum atomic E-state index is 0.116. The molecule has 0 spiro atoms. The zero-order valence-corrected chi connectivity index (χ0v) is 12.2. The minimum absolute atomic E-state index is 0.116. The van der Waals surface area contributed by atoms with Crippen LogP contribution in [0.4, 0.5) is 0 Å². The molecule has 2 unspecified atom stereocenters. The summed E-state index contributed by atoms with van der Waals surface area (Å²) < 4.78 is 11.4. The first kappa shape index (κ1) is 14.6. The zero-order chi connectivity index (χ0) is 13.7. The molecular formula is C15H22ClNO2. The maximum absolute atomic E-state index is 6.26. The van der Waals surface area contributed by atoms with Crippen LogP contribution in [0.2, 0.25) is 5.02 Å². The van der Waals surface area contributed by atoms with E-state index in [1.807, 2.05) is 18.2 Å². The van der Waals surface area contributed by atoms with Crippen molar-refractivity contribution in [1.29, 1.82) is 0 Å². The number of halogens is 1. The third-order valence-electron chi connectivity index (χ3n) is 3.52. The van der Waals surface area contributed by atoms with E-state index in [2.05, 4.69) is 6.92 Å². The fourth-order valence-corrected chi connectivity index (χ4v) is 2.48. The van der Waals surface area contributed by atoms with Gasteiger partial charge in [0.25, 0.3) is 0 Å². The van der Waals surface area contributed by atoms with E-state index in [1.165, 1.54) is 0 Å². The van der Waals surface area contributed by atoms with E-state index in [0.717, 1.165) is 48.6 Å². The molecule has 4 heteroatoms. The summed E-state index contributed by atoms with van der Waals surface area (Å²) >= 11 is 6.26. The maximum atomic E-state index is 6.26. The summed E-state index contributed by atoms with van der Waals surface area (Å²) in [5, 5.41) is 0.730. The Morgan fingerprint density at radius 3 is 3.05 bits per heavy atom. The number of hydrogen-bond acceptors (Lipinski definition) is 3. The first-order chi connectivity index (χ1) is 9.20. The van der Waals surface area contributed by atoms with Crippen LogP contribution in [0.25, 0.3) is 0 Å². The highest BCUT2D eigenvalue weighted by atomic mass is 35.5. The highest BCUT2D eigenvalue weighted by Gasteiger charge is 2.18. The van der Waals surface area contributed by atoms with Crippen molar-refractivity contribution in [3.8, 4) is 5.75 Å². The van der Waals surface area contributed by atoms with E-state index in [4.69, 9.17) is 26.8 Å². The molecule has 1 saturated heterocycles. The van der Waals surface area contributed by atoms with Gasteiger partial charge in [0.15, 0.2) is 0 Å². The van der Waals surface area contributed by atoms with Crippen molar-refractivity contribution >= 4 is 11.6 Å². The average Bonchev–Trinajstić information content (AvgIpc) is 2.92. The van der Waals surface area contributed by atoms with Crippen molar-refractivity contribution in [2.75, 3.05) is 13.2 Å². The maximum Gasteiger partial charge on any atom is 0.124 e. The van der Waals surface area contributed by atoms with Crippen LogP contribution in [0.3, 0.4) is 0 Å². The first-order valence-corrected chi connectivity index (χ1v) is 7.36. The SMILES string of the molecule is CCC(N)Cc1c(Cl)cccc1OCC1CCCO1. The van der Waals surface area contributed by atoms with Crippen LogP contribution in [-0.2, 0) is 11.2 Å². The molecule has 3 nitrogen and oxygen atoms in total. The number of rotatable bonds is 6. The topological polar surface area (TPSA) is 44.5 Å². The van der Waals surface area contributed by atoms with Crippen LogP contribution in [0.15, 0.2) is 18.2 Å². The van der Waals surface area contributed by atoms with Crippen molar-refractivity contribution < 1.29 is 9.47 Å². The van der Waals surface area contributed by atoms with Crippen LogP contribution in [0.5, 0.6) is 5.75 Å². The van der Waals surface area contributed by atoms with Gasteiger partial charge in [0.05, 0.1) is 6.10 Å². The summed E-state index contributed by atoms with van der Waals surface area (Å²) in [5.41, 5.74) is 7.03. The molecule has 1 aliphatic heterocycles. The van der Waals surface area contributed by atoms with Gasteiger partial charge in [-0.25, -0.2) is 0 Å². The van der Waals surface area contributed by atoms with Gasteiger partial charge in [-0.1, -0.05) is 24.6 Å². The highest BCUT2D eigenvalue weighted by Crippen LogP contribution is 2.28. The molecule has 0 saturated carbocycles. The molecule has 0 aliphatic carbocycles. The van der Waals surface area contributed by atoms with E-state index in [0.29, 0.717) is 6.61 Å². The van der Waals surface area contributed by atoms with Gasteiger partial charge < -0.3 is 15.2 Å². The molecular weight excluding hydrogens is 262 g/mol. The van der Waals surface area contributed by atoms with Gasteiger partial charge >= 0.3 is 0 Å². The molecule has 0 aromatic heterocycles. The molecule has 1 aromatic rings. The van der Waals surface area contributed by atoms with Gasteiger partial charge in [-0.2, -0.15) is 0 Å². The summed E-state index contributed by atoms with van der Waals surface area (Å²) in [7, 11) is 0. The molecule has 2 rings (SSSR count). The Labute approximate surface area is 120 Å². The summed E-state index contributed by atoms with van der Waals surface area (Å²) in [6.07, 6.45) is 4.08. The van der Waals surface area contributed by atoms with Crippen LogP contribution in [0.1, 0.15) is 31.7 Å². The summed E-state index contributed by atoms with van der Waals surface area (Å²) in [6.45, 7) is 3.51. The van der Waals surface area contributed by atoms with Gasteiger partial charge in [-0.05, 0) is 37.8 Å². The Morgan fingerprint density at radius 1 is 1.53 bits per heavy atom. The molecule has 0 amide bonds. The van der Waals surface area contributed by atoms with Crippen molar-refractivity contribution in [3.63, 3.8) is 0 Å². The van der Waals surface area contributed by atoms with Gasteiger partial charge in [-0.3, -0.25) is 0 Å². The molecule has 1 heterocycles. The third-order valence-corrected chi connectivity index (χ3v) is 3.87. The second kappa shape index (κ2) is 7.13. The summed E-state index contributed by atoms with van der Waals surface area (Å²) in [4.78, 5) is 0. The smallest absolute Gasteiger partial charge is 0.124 e. The van der Waals surface area contributed by atoms with Crippen molar-refractivity contribution in [2.45, 2.75) is 44.8 Å². The van der Waals surface area contributed by atoms with Gasteiger partial charge in [0, 0.05) is 23.2 Å². The van der Waals surface area contributed by atoms with E-state index < -0.39 is 0 Å². The second-order valence-corrected chi connectivity index (χ2v) is 5.44. The lowest BCUT2D eigenvalue weighted by Gasteiger charge is -2.17. The zero-order valence-electron chi connectivity index (χ0n) is 11.4. The summed E-state index contributed by atoms with van der Waals surface area (Å²) in [5.74, 6) is 0.840. The Morgan fingerprint density at radius 2 is 2.37 bits per heavy atom. The van der Waals surface area contributed by atoms with E-state index in [-0.39, 0.29) is 12.1 Å². The number of ether oxygens (including phenoxy) is 2. The van der Waals surface area contributed by atoms with Crippen molar-refractivity contribution in [3.05, 3.63) is 28.8 Å². The highest BCUT2D eigenvalue weighted by molar-refractivity contribution is 6.31. The number of hydrogen-bond donors (Lipinski definition) is 1. The van der Waals surface area contributed by atoms with Crippen LogP contribution in [-0.4, -0.2) is 25.4 Å². The summed E-state index contributed by atoms with van der Waals surface area (Å²) in [6, 6.07) is 5.87. The van der Waals surface area contributed by atoms with Crippen LogP contribution in [0, 0.1) is 0 Å². The molecule has 0 bridgehead atoms. The Hall–Kier alpha value is -0.770. The first-order valence-electron chi connectivity index (χ1n) is 6.98. The number of benzene rings is 1. The van der Waals surface area contributed by atoms with Crippen molar-refractivity contribution in [1.82, 2.24) is 0 Å². The molecule has 106 valence electrons. The lowest BCUT2D eigenvalue weighted by atomic mass is 10.0. The standard InChI is InChI=1S/C15H22ClNO2/c1-2-11(17)9-13-14(16)6-3-7-15(13)19-10-12-5-4-8-18-12/h3,6-7,11-12H,2,4-5,8-10,17H2,1H3. The van der Waals surface area contributed by atoms with E-state index >= 15 is 0 Å². The Balaban J connectivity index is 2.03. The molecule has 19 heavy (non-hydrogen) atoms. The molecule has 1 aromatic carbocycles. The van der Waals surface area contributed by atoms with Crippen LogP contribution >= 0.6 is 11.6 Å². The molecule has 0 radical (unpaired) electrons. The normalized spacial score (nSPS) is 20.5. The quantitative estimate of drug-likeness (QED) is 0.872. The Kier molecular flexibility index (Phi) is 5.49. The monoisotopic (exact) mass is 283 g/mol. The van der Waals surface area contributed by atoms with Gasteiger partial charge in [0.2, 0.25) is 0 Å². The fraction of sp³-hybridized carbons (Fsp3) is 0.600. The fourth-order valence-electron chi connectivity index (χ4n) is 2.24. The van der Waals surface area contributed by atoms with E-state index in [1.54, 1.807) is 0 Å². The molecule has 1 fully saturated rings. The van der Waals surface area contributed by atoms with Gasteiger partial charge in [-0.15, -0.1) is 0 Å². The number of nitrogens with two attached hydrogens (primary N) is 1. The molecule has 2 atom stereocenters. The lowest BCUT2D eigenvalue weighted by Crippen LogP contribution is -2.23. The average molecular weight is 284 g/mol. The molecule has 1 aliphatic rings.